The Bertz CT molecular complexity index is 970. The van der Waals surface area contributed by atoms with Crippen LogP contribution in [0, 0.1) is 3.57 Å². The molecule has 160 valence electrons. The van der Waals surface area contributed by atoms with E-state index in [4.69, 9.17) is 10.0 Å². The standard InChI is InChI=1S/C11H8BrN.C6H4BrI.C5H6BNO2.CH4/c12-11-5-3-9(4-6-11)10-2-1-7-13-8-10;7-5-1-3-6(8)4-2-5;8-6(9)5-2-1-3-7-4-5;/h1-8H;1-4H;1-4,8-9H;1H4. The van der Waals surface area contributed by atoms with Gasteiger partial charge in [0.1, 0.15) is 0 Å². The van der Waals surface area contributed by atoms with Crippen LogP contribution < -0.4 is 5.46 Å². The van der Waals surface area contributed by atoms with Crippen LogP contribution in [-0.2, 0) is 0 Å². The van der Waals surface area contributed by atoms with Gasteiger partial charge >= 0.3 is 7.12 Å². The molecule has 2 heterocycles. The highest BCUT2D eigenvalue weighted by molar-refractivity contribution is 14.1. The molecule has 4 aromatic rings. The topological polar surface area (TPSA) is 66.2 Å². The quantitative estimate of drug-likeness (QED) is 0.207. The zero-order chi connectivity index (χ0) is 21.8. The Morgan fingerprint density at radius 2 is 1.19 bits per heavy atom. The van der Waals surface area contributed by atoms with Crippen molar-refractivity contribution < 1.29 is 10.0 Å². The van der Waals surface area contributed by atoms with Crippen molar-refractivity contribution in [1.29, 1.82) is 0 Å². The molecule has 0 fully saturated rings. The molecule has 0 atom stereocenters. The van der Waals surface area contributed by atoms with Gasteiger partial charge in [0.05, 0.1) is 0 Å². The Hall–Kier alpha value is -1.59. The second-order valence-corrected chi connectivity index (χ2v) is 8.92. The van der Waals surface area contributed by atoms with Gasteiger partial charge in [0.15, 0.2) is 0 Å². The lowest BCUT2D eigenvalue weighted by Crippen LogP contribution is -2.29. The lowest BCUT2D eigenvalue weighted by atomic mass is 9.82. The van der Waals surface area contributed by atoms with Crippen molar-refractivity contribution in [3.63, 3.8) is 0 Å². The minimum atomic E-state index is -1.40. The molecule has 4 nitrogen and oxygen atoms in total. The summed E-state index contributed by atoms with van der Waals surface area (Å²) in [5.74, 6) is 0. The SMILES string of the molecule is Brc1ccc(-c2cccnc2)cc1.Brc1ccc(I)cc1.C.OB(O)c1cccnc1. The molecule has 0 aliphatic rings. The number of rotatable bonds is 2. The molecule has 0 radical (unpaired) electrons. The summed E-state index contributed by atoms with van der Waals surface area (Å²) in [6, 6.07) is 23.6. The largest absolute Gasteiger partial charge is 0.490 e. The van der Waals surface area contributed by atoms with Gasteiger partial charge in [0.2, 0.25) is 0 Å². The fourth-order valence-corrected chi connectivity index (χ4v) is 3.02. The van der Waals surface area contributed by atoms with Crippen molar-refractivity contribution in [2.24, 2.45) is 0 Å². The zero-order valence-electron chi connectivity index (χ0n) is 15.7. The van der Waals surface area contributed by atoms with Gasteiger partial charge in [-0.05, 0) is 82.2 Å². The Labute approximate surface area is 214 Å². The Balaban J connectivity index is 0.000000238. The number of hydrogen-bond acceptors (Lipinski definition) is 4. The van der Waals surface area contributed by atoms with Crippen LogP contribution in [0.5, 0.6) is 0 Å². The van der Waals surface area contributed by atoms with Crippen molar-refractivity contribution >= 4 is 67.0 Å². The maximum atomic E-state index is 8.54. The van der Waals surface area contributed by atoms with E-state index in [0.29, 0.717) is 5.46 Å². The highest BCUT2D eigenvalue weighted by Crippen LogP contribution is 2.20. The molecule has 0 unspecified atom stereocenters. The smallest absolute Gasteiger partial charge is 0.423 e. The molecule has 2 aromatic carbocycles. The number of pyridine rings is 2. The van der Waals surface area contributed by atoms with Gasteiger partial charge in [-0.1, -0.05) is 63.6 Å². The third kappa shape index (κ3) is 11.0. The summed E-state index contributed by atoms with van der Waals surface area (Å²) in [5, 5.41) is 17.1. The number of aromatic nitrogens is 2. The molecule has 4 rings (SSSR count). The van der Waals surface area contributed by atoms with E-state index in [1.165, 1.54) is 15.3 Å². The van der Waals surface area contributed by atoms with Gasteiger partial charge in [-0.3, -0.25) is 9.97 Å². The summed E-state index contributed by atoms with van der Waals surface area (Å²) in [4.78, 5) is 7.76. The molecule has 0 saturated carbocycles. The van der Waals surface area contributed by atoms with Crippen molar-refractivity contribution in [3.05, 3.63) is 110 Å². The van der Waals surface area contributed by atoms with Gasteiger partial charge in [-0.2, -0.15) is 0 Å². The predicted octanol–water partition coefficient (Wildman–Crippen LogP) is 5.96. The normalized spacial score (nSPS) is 9.19. The van der Waals surface area contributed by atoms with Crippen LogP contribution in [0.2, 0.25) is 0 Å². The summed E-state index contributed by atoms with van der Waals surface area (Å²) in [5.41, 5.74) is 2.75. The van der Waals surface area contributed by atoms with Crippen molar-refractivity contribution in [2.75, 3.05) is 0 Å². The molecule has 2 aromatic heterocycles. The number of nitrogens with zero attached hydrogens (tertiary/aromatic N) is 2. The molecule has 0 amide bonds. The maximum Gasteiger partial charge on any atom is 0.490 e. The van der Waals surface area contributed by atoms with Crippen LogP contribution in [0.15, 0.2) is 107 Å². The second-order valence-electron chi connectivity index (χ2n) is 5.85. The highest BCUT2D eigenvalue weighted by Gasteiger charge is 2.08. The lowest BCUT2D eigenvalue weighted by molar-refractivity contribution is 0.425. The third-order valence-corrected chi connectivity index (χ3v) is 5.40. The van der Waals surface area contributed by atoms with Crippen LogP contribution in [0.1, 0.15) is 7.43 Å². The Kier molecular flexibility index (Phi) is 13.5. The van der Waals surface area contributed by atoms with E-state index in [-0.39, 0.29) is 7.43 Å². The summed E-state index contributed by atoms with van der Waals surface area (Å²) in [7, 11) is -1.40. The Morgan fingerprint density at radius 3 is 1.58 bits per heavy atom. The summed E-state index contributed by atoms with van der Waals surface area (Å²) < 4.78 is 3.50. The van der Waals surface area contributed by atoms with Crippen molar-refractivity contribution in [2.45, 2.75) is 7.43 Å². The van der Waals surface area contributed by atoms with E-state index < -0.39 is 7.12 Å². The Morgan fingerprint density at radius 1 is 0.677 bits per heavy atom. The van der Waals surface area contributed by atoms with E-state index in [2.05, 4.69) is 94.8 Å². The lowest BCUT2D eigenvalue weighted by Gasteiger charge is -1.99. The number of benzene rings is 2. The molecule has 0 bridgehead atoms. The van der Waals surface area contributed by atoms with Crippen LogP contribution in [0.25, 0.3) is 11.1 Å². The van der Waals surface area contributed by atoms with Crippen molar-refractivity contribution in [1.82, 2.24) is 9.97 Å². The van der Waals surface area contributed by atoms with E-state index >= 15 is 0 Å². The fourth-order valence-electron chi connectivity index (χ4n) is 2.13. The molecular formula is C23H22BBr2IN2O2. The molecule has 0 spiro atoms. The molecular weight excluding hydrogens is 634 g/mol. The highest BCUT2D eigenvalue weighted by atomic mass is 127. The van der Waals surface area contributed by atoms with Gasteiger partial charge in [-0.15, -0.1) is 0 Å². The van der Waals surface area contributed by atoms with Gasteiger partial charge in [0.25, 0.3) is 0 Å². The van der Waals surface area contributed by atoms with E-state index in [0.717, 1.165) is 14.5 Å². The van der Waals surface area contributed by atoms with E-state index in [1.54, 1.807) is 24.5 Å². The number of hydrogen-bond donors (Lipinski definition) is 2. The van der Waals surface area contributed by atoms with Crippen LogP contribution in [0.3, 0.4) is 0 Å². The van der Waals surface area contributed by atoms with Gasteiger partial charge < -0.3 is 10.0 Å². The maximum absolute atomic E-state index is 8.54. The first-order chi connectivity index (χ1) is 14.5. The first-order valence-corrected chi connectivity index (χ1v) is 11.5. The fraction of sp³-hybridized carbons (Fsp3) is 0.0435. The van der Waals surface area contributed by atoms with Gasteiger partial charge in [-0.25, -0.2) is 0 Å². The molecule has 31 heavy (non-hydrogen) atoms. The number of halogens is 3. The van der Waals surface area contributed by atoms with Gasteiger partial charge in [0, 0.05) is 42.8 Å². The van der Waals surface area contributed by atoms with E-state index in [1.807, 2.05) is 36.5 Å². The molecule has 0 aliphatic carbocycles. The summed E-state index contributed by atoms with van der Waals surface area (Å²) >= 11 is 9.02. The first kappa shape index (κ1) is 27.4. The second kappa shape index (κ2) is 15.3. The van der Waals surface area contributed by atoms with Crippen LogP contribution in [0.4, 0.5) is 0 Å². The van der Waals surface area contributed by atoms with Crippen LogP contribution in [-0.4, -0.2) is 27.1 Å². The molecule has 8 heteroatoms. The minimum Gasteiger partial charge on any atom is -0.423 e. The molecule has 2 N–H and O–H groups in total. The average Bonchev–Trinajstić information content (AvgIpc) is 2.78. The zero-order valence-corrected chi connectivity index (χ0v) is 21.1. The molecule has 0 aliphatic heterocycles. The average molecular weight is 656 g/mol. The molecule has 0 saturated heterocycles. The summed E-state index contributed by atoms with van der Waals surface area (Å²) in [6.07, 6.45) is 6.63. The van der Waals surface area contributed by atoms with Crippen molar-refractivity contribution in [3.8, 4) is 11.1 Å². The van der Waals surface area contributed by atoms with Crippen LogP contribution >= 0.6 is 54.5 Å². The minimum absolute atomic E-state index is 0. The monoisotopic (exact) mass is 654 g/mol. The summed E-state index contributed by atoms with van der Waals surface area (Å²) in [6.45, 7) is 0. The van der Waals surface area contributed by atoms with E-state index in [9.17, 15) is 0 Å². The predicted molar refractivity (Wildman–Crippen MR) is 145 cm³/mol. The first-order valence-electron chi connectivity index (χ1n) is 8.79. The third-order valence-electron chi connectivity index (χ3n) is 3.63.